The van der Waals surface area contributed by atoms with Crippen molar-refractivity contribution < 1.29 is 23.1 Å². The van der Waals surface area contributed by atoms with Gasteiger partial charge in [-0.3, -0.25) is 4.79 Å². The Bertz CT molecular complexity index is 1420. The number of benzene rings is 2. The number of amides is 2. The summed E-state index contributed by atoms with van der Waals surface area (Å²) in [7, 11) is 0. The average Bonchev–Trinajstić information content (AvgIpc) is 3.29. The third-order valence-electron chi connectivity index (χ3n) is 4.43. The maximum atomic E-state index is 15.0. The van der Waals surface area contributed by atoms with Crippen LogP contribution in [-0.2, 0) is 0 Å². The number of anilines is 1. The number of primary amides is 1. The van der Waals surface area contributed by atoms with Gasteiger partial charge in [0, 0.05) is 17.2 Å². The molecule has 172 valence electrons. The SMILES string of the molecule is NC(=O)Oc1cc(F)ccc1-c1cc(Cl)c(C(=O)Nc2cnc(-n3nccn3)c(Cl)c2)cc1F. The lowest BCUT2D eigenvalue weighted by atomic mass is 10.0. The summed E-state index contributed by atoms with van der Waals surface area (Å²) in [6.07, 6.45) is 2.99. The van der Waals surface area contributed by atoms with E-state index in [9.17, 15) is 18.4 Å². The number of halogens is 4. The molecule has 0 spiro atoms. The maximum absolute atomic E-state index is 15.0. The molecule has 0 bridgehead atoms. The van der Waals surface area contributed by atoms with E-state index in [1.807, 2.05) is 0 Å². The van der Waals surface area contributed by atoms with Gasteiger partial charge in [-0.15, -0.1) is 4.80 Å². The molecule has 0 aliphatic heterocycles. The van der Waals surface area contributed by atoms with Crippen molar-refractivity contribution in [2.45, 2.75) is 0 Å². The number of carbonyl (C=O) groups excluding carboxylic acids is 2. The summed E-state index contributed by atoms with van der Waals surface area (Å²) in [6.45, 7) is 0. The van der Waals surface area contributed by atoms with Crippen molar-refractivity contribution in [1.82, 2.24) is 20.0 Å². The van der Waals surface area contributed by atoms with Crippen molar-refractivity contribution in [3.8, 4) is 22.7 Å². The minimum Gasteiger partial charge on any atom is -0.410 e. The predicted octanol–water partition coefficient (Wildman–Crippen LogP) is 4.62. The van der Waals surface area contributed by atoms with Crippen molar-refractivity contribution in [1.29, 1.82) is 0 Å². The number of ether oxygens (including phenoxy) is 1. The summed E-state index contributed by atoms with van der Waals surface area (Å²) in [5.74, 6) is -2.43. The molecule has 0 aliphatic carbocycles. The van der Waals surface area contributed by atoms with Crippen LogP contribution < -0.4 is 15.8 Å². The molecule has 3 N–H and O–H groups in total. The minimum atomic E-state index is -1.21. The van der Waals surface area contributed by atoms with Crippen LogP contribution in [0, 0.1) is 11.6 Å². The van der Waals surface area contributed by atoms with Gasteiger partial charge in [0.05, 0.1) is 39.9 Å². The van der Waals surface area contributed by atoms with Gasteiger partial charge in [-0.05, 0) is 30.3 Å². The Morgan fingerprint density at radius 2 is 1.74 bits per heavy atom. The van der Waals surface area contributed by atoms with E-state index in [4.69, 9.17) is 33.7 Å². The van der Waals surface area contributed by atoms with Gasteiger partial charge in [0.2, 0.25) is 0 Å². The largest absolute Gasteiger partial charge is 0.410 e. The Hall–Kier alpha value is -4.09. The lowest BCUT2D eigenvalue weighted by Crippen LogP contribution is -2.17. The molecule has 0 atom stereocenters. The van der Waals surface area contributed by atoms with Crippen LogP contribution in [0.2, 0.25) is 10.0 Å². The fourth-order valence-electron chi connectivity index (χ4n) is 3.01. The highest BCUT2D eigenvalue weighted by Crippen LogP contribution is 2.36. The van der Waals surface area contributed by atoms with Gasteiger partial charge in [0.15, 0.2) is 5.82 Å². The second kappa shape index (κ2) is 9.41. The molecule has 0 unspecified atom stereocenters. The van der Waals surface area contributed by atoms with E-state index in [2.05, 4.69) is 20.5 Å². The van der Waals surface area contributed by atoms with Gasteiger partial charge >= 0.3 is 6.09 Å². The number of nitrogens with zero attached hydrogens (tertiary/aromatic N) is 4. The van der Waals surface area contributed by atoms with E-state index in [0.717, 1.165) is 24.3 Å². The molecule has 13 heteroatoms. The van der Waals surface area contributed by atoms with Crippen molar-refractivity contribution in [2.75, 3.05) is 5.32 Å². The van der Waals surface area contributed by atoms with Crippen LogP contribution in [0.15, 0.2) is 55.0 Å². The average molecular weight is 505 g/mol. The van der Waals surface area contributed by atoms with E-state index in [1.54, 1.807) is 0 Å². The minimum absolute atomic E-state index is 0.00496. The molecular weight excluding hydrogens is 493 g/mol. The van der Waals surface area contributed by atoms with E-state index in [-0.39, 0.29) is 44.0 Å². The molecule has 2 aromatic carbocycles. The van der Waals surface area contributed by atoms with Crippen LogP contribution in [-0.4, -0.2) is 32.0 Å². The van der Waals surface area contributed by atoms with Crippen LogP contribution >= 0.6 is 23.2 Å². The normalized spacial score (nSPS) is 10.7. The molecule has 0 fully saturated rings. The van der Waals surface area contributed by atoms with Crippen molar-refractivity contribution in [2.24, 2.45) is 5.73 Å². The molecule has 34 heavy (non-hydrogen) atoms. The topological polar surface area (TPSA) is 125 Å². The molecule has 0 saturated carbocycles. The first-order valence-electron chi connectivity index (χ1n) is 9.33. The first kappa shape index (κ1) is 23.1. The number of rotatable bonds is 5. The Labute approximate surface area is 200 Å². The highest BCUT2D eigenvalue weighted by molar-refractivity contribution is 6.35. The van der Waals surface area contributed by atoms with E-state index < -0.39 is 23.6 Å². The highest BCUT2D eigenvalue weighted by Gasteiger charge is 2.20. The van der Waals surface area contributed by atoms with Crippen molar-refractivity contribution >= 4 is 40.9 Å². The standard InChI is InChI=1S/C21H12Cl2F2N6O3/c22-15-7-13(12-2-1-10(24)5-18(12)34-21(26)33)17(25)8-14(15)20(32)30-11-6-16(23)19(27-9-11)31-28-3-4-29-31/h1-9H,(H2,26,33)(H,30,32). The molecule has 2 heterocycles. The number of hydrogen-bond donors (Lipinski definition) is 2. The van der Waals surface area contributed by atoms with Gasteiger partial charge in [-0.1, -0.05) is 23.2 Å². The van der Waals surface area contributed by atoms with Crippen LogP contribution in [0.25, 0.3) is 16.9 Å². The fourth-order valence-corrected chi connectivity index (χ4v) is 3.50. The van der Waals surface area contributed by atoms with Crippen LogP contribution in [0.5, 0.6) is 5.75 Å². The summed E-state index contributed by atoms with van der Waals surface area (Å²) in [5, 5.41) is 10.4. The smallest absolute Gasteiger partial charge is 0.409 e. The number of nitrogens with one attached hydrogen (secondary N) is 1. The number of hydrogen-bond acceptors (Lipinski definition) is 6. The second-order valence-electron chi connectivity index (χ2n) is 6.68. The zero-order chi connectivity index (χ0) is 24.4. The second-order valence-corrected chi connectivity index (χ2v) is 7.49. The molecule has 2 amide bonds. The number of carbonyl (C=O) groups is 2. The van der Waals surface area contributed by atoms with Gasteiger partial charge in [-0.25, -0.2) is 18.6 Å². The molecule has 0 aliphatic rings. The first-order chi connectivity index (χ1) is 16.2. The van der Waals surface area contributed by atoms with Gasteiger partial charge in [0.25, 0.3) is 5.91 Å². The third kappa shape index (κ3) is 4.80. The summed E-state index contributed by atoms with van der Waals surface area (Å²) in [5.41, 5.74) is 4.87. The van der Waals surface area contributed by atoms with Gasteiger partial charge in [-0.2, -0.15) is 10.2 Å². The van der Waals surface area contributed by atoms with Crippen LogP contribution in [0.4, 0.5) is 19.3 Å². The molecule has 0 saturated heterocycles. The predicted molar refractivity (Wildman–Crippen MR) is 119 cm³/mol. The summed E-state index contributed by atoms with van der Waals surface area (Å²) >= 11 is 12.4. The lowest BCUT2D eigenvalue weighted by Gasteiger charge is -2.13. The van der Waals surface area contributed by atoms with Gasteiger partial charge in [0.1, 0.15) is 17.4 Å². The van der Waals surface area contributed by atoms with Gasteiger partial charge < -0.3 is 15.8 Å². The zero-order valence-corrected chi connectivity index (χ0v) is 18.3. The Kier molecular flexibility index (Phi) is 6.39. The maximum Gasteiger partial charge on any atom is 0.409 e. The zero-order valence-electron chi connectivity index (χ0n) is 16.8. The quantitative estimate of drug-likeness (QED) is 0.408. The number of pyridine rings is 1. The fraction of sp³-hybridized carbons (Fsp3) is 0. The third-order valence-corrected chi connectivity index (χ3v) is 5.02. The van der Waals surface area contributed by atoms with E-state index >= 15 is 0 Å². The van der Waals surface area contributed by atoms with Crippen molar-refractivity contribution in [3.63, 3.8) is 0 Å². The van der Waals surface area contributed by atoms with E-state index in [1.165, 1.54) is 35.5 Å². The van der Waals surface area contributed by atoms with Crippen LogP contribution in [0.1, 0.15) is 10.4 Å². The molecule has 0 radical (unpaired) electrons. The molecular formula is C21H12Cl2F2N6O3. The lowest BCUT2D eigenvalue weighted by molar-refractivity contribution is 0.102. The molecule has 4 rings (SSSR count). The summed E-state index contributed by atoms with van der Waals surface area (Å²) in [4.78, 5) is 29.1. The van der Waals surface area contributed by atoms with Crippen molar-refractivity contribution in [3.05, 3.63) is 82.2 Å². The highest BCUT2D eigenvalue weighted by atomic mass is 35.5. The first-order valence-corrected chi connectivity index (χ1v) is 10.1. The molecule has 2 aromatic heterocycles. The molecule has 4 aromatic rings. The Morgan fingerprint density at radius 3 is 2.41 bits per heavy atom. The number of nitrogens with two attached hydrogens (primary N) is 1. The Balaban J connectivity index is 1.62. The monoisotopic (exact) mass is 504 g/mol. The summed E-state index contributed by atoms with van der Waals surface area (Å²) < 4.78 is 33.3. The summed E-state index contributed by atoms with van der Waals surface area (Å²) in [6, 6.07) is 6.54. The Morgan fingerprint density at radius 1 is 1.00 bits per heavy atom. The number of aromatic nitrogens is 4. The molecule has 9 nitrogen and oxygen atoms in total. The van der Waals surface area contributed by atoms with E-state index in [0.29, 0.717) is 0 Å². The van der Waals surface area contributed by atoms with Crippen LogP contribution in [0.3, 0.4) is 0 Å².